The average Bonchev–Trinajstić information content (AvgIpc) is 2.77. The Hall–Kier alpha value is -1.40. The first-order valence-corrected chi connectivity index (χ1v) is 5.58. The van der Waals surface area contributed by atoms with Crippen LogP contribution in [0.4, 0.5) is 0 Å². The highest BCUT2D eigenvalue weighted by Crippen LogP contribution is 2.10. The summed E-state index contributed by atoms with van der Waals surface area (Å²) in [6, 6.07) is -0.645. The first-order chi connectivity index (χ1) is 7.95. The zero-order valence-corrected chi connectivity index (χ0v) is 10.3. The van der Waals surface area contributed by atoms with Crippen molar-refractivity contribution in [2.75, 3.05) is 6.61 Å². The van der Waals surface area contributed by atoms with Gasteiger partial charge in [0.15, 0.2) is 5.69 Å². The molecule has 0 saturated heterocycles. The lowest BCUT2D eigenvalue weighted by atomic mass is 10.1. The van der Waals surface area contributed by atoms with E-state index in [1.54, 1.807) is 0 Å². The maximum Gasteiger partial charge on any atom is 0.273 e. The minimum absolute atomic E-state index is 0.0502. The Morgan fingerprint density at radius 1 is 1.59 bits per heavy atom. The van der Waals surface area contributed by atoms with E-state index in [9.17, 15) is 4.79 Å². The van der Waals surface area contributed by atoms with E-state index >= 15 is 0 Å². The Morgan fingerprint density at radius 2 is 2.24 bits per heavy atom. The van der Waals surface area contributed by atoms with Crippen LogP contribution in [0, 0.1) is 5.92 Å². The maximum absolute atomic E-state index is 11.7. The number of carbonyl (C=O) groups excluding carboxylic acids is 1. The number of hydrogen-bond donors (Lipinski definition) is 3. The van der Waals surface area contributed by atoms with Gasteiger partial charge in [-0.2, -0.15) is 0 Å². The lowest BCUT2D eigenvalue weighted by Crippen LogP contribution is -2.36. The first kappa shape index (κ1) is 13.7. The van der Waals surface area contributed by atoms with E-state index in [0.717, 1.165) is 0 Å². The van der Waals surface area contributed by atoms with Crippen LogP contribution >= 0.6 is 0 Å². The van der Waals surface area contributed by atoms with Gasteiger partial charge in [-0.1, -0.05) is 13.8 Å². The zero-order valence-electron chi connectivity index (χ0n) is 10.3. The van der Waals surface area contributed by atoms with E-state index in [0.29, 0.717) is 5.92 Å². The third kappa shape index (κ3) is 3.54. The lowest BCUT2D eigenvalue weighted by Gasteiger charge is -2.16. The molecule has 1 amide bonds. The van der Waals surface area contributed by atoms with Crippen molar-refractivity contribution in [1.29, 1.82) is 0 Å². The average molecular weight is 241 g/mol. The SMILES string of the molecule is CC(C)C(C)NC(=O)c1coc(C(N)CO)n1. The summed E-state index contributed by atoms with van der Waals surface area (Å²) in [7, 11) is 0. The van der Waals surface area contributed by atoms with Crippen LogP contribution in [0.3, 0.4) is 0 Å². The highest BCUT2D eigenvalue weighted by atomic mass is 16.3. The smallest absolute Gasteiger partial charge is 0.273 e. The van der Waals surface area contributed by atoms with Gasteiger partial charge in [-0.25, -0.2) is 4.98 Å². The lowest BCUT2D eigenvalue weighted by molar-refractivity contribution is 0.0925. The number of nitrogens with zero attached hydrogens (tertiary/aromatic N) is 1. The van der Waals surface area contributed by atoms with Gasteiger partial charge in [-0.3, -0.25) is 4.79 Å². The second kappa shape index (κ2) is 5.79. The van der Waals surface area contributed by atoms with E-state index in [-0.39, 0.29) is 30.1 Å². The minimum Gasteiger partial charge on any atom is -0.446 e. The number of oxazole rings is 1. The predicted octanol–water partition coefficient (Wildman–Crippen LogP) is 0.441. The van der Waals surface area contributed by atoms with Gasteiger partial charge in [0.1, 0.15) is 12.3 Å². The number of hydrogen-bond acceptors (Lipinski definition) is 5. The Labute approximate surface area is 100 Å². The fraction of sp³-hybridized carbons (Fsp3) is 0.636. The number of aromatic nitrogens is 1. The van der Waals surface area contributed by atoms with E-state index < -0.39 is 6.04 Å². The molecule has 1 aromatic heterocycles. The molecule has 2 unspecified atom stereocenters. The summed E-state index contributed by atoms with van der Waals surface area (Å²) in [5.41, 5.74) is 5.70. The molecule has 96 valence electrons. The molecule has 0 aliphatic heterocycles. The van der Waals surface area contributed by atoms with Crippen molar-refractivity contribution in [2.45, 2.75) is 32.9 Å². The summed E-state index contributed by atoms with van der Waals surface area (Å²) >= 11 is 0. The minimum atomic E-state index is -0.695. The molecule has 0 aromatic carbocycles. The number of nitrogens with one attached hydrogen (secondary N) is 1. The van der Waals surface area contributed by atoms with Gasteiger partial charge in [0.2, 0.25) is 5.89 Å². The van der Waals surface area contributed by atoms with Crippen LogP contribution in [0.2, 0.25) is 0 Å². The van der Waals surface area contributed by atoms with Crippen LogP contribution < -0.4 is 11.1 Å². The molecule has 6 nitrogen and oxygen atoms in total. The molecule has 17 heavy (non-hydrogen) atoms. The Bertz CT molecular complexity index is 376. The largest absolute Gasteiger partial charge is 0.446 e. The quantitative estimate of drug-likeness (QED) is 0.694. The molecule has 0 radical (unpaired) electrons. The molecule has 0 bridgehead atoms. The molecule has 0 fully saturated rings. The van der Waals surface area contributed by atoms with E-state index in [1.807, 2.05) is 20.8 Å². The number of aliphatic hydroxyl groups excluding tert-OH is 1. The summed E-state index contributed by atoms with van der Waals surface area (Å²) in [6.07, 6.45) is 1.24. The zero-order chi connectivity index (χ0) is 13.0. The van der Waals surface area contributed by atoms with E-state index in [1.165, 1.54) is 6.26 Å². The standard InChI is InChI=1S/C11H19N3O3/c1-6(2)7(3)13-10(16)9-5-17-11(14-9)8(12)4-15/h5-8,15H,4,12H2,1-3H3,(H,13,16). The molecule has 1 rings (SSSR count). The molecule has 0 saturated carbocycles. The van der Waals surface area contributed by atoms with Crippen LogP contribution in [0.25, 0.3) is 0 Å². The molecule has 4 N–H and O–H groups in total. The molecule has 6 heteroatoms. The molecular formula is C11H19N3O3. The monoisotopic (exact) mass is 241 g/mol. The molecule has 0 spiro atoms. The highest BCUT2D eigenvalue weighted by molar-refractivity contribution is 5.92. The van der Waals surface area contributed by atoms with Crippen LogP contribution in [-0.4, -0.2) is 28.6 Å². The van der Waals surface area contributed by atoms with Gasteiger partial charge < -0.3 is 20.6 Å². The van der Waals surface area contributed by atoms with Gasteiger partial charge in [-0.05, 0) is 12.8 Å². The first-order valence-electron chi connectivity index (χ1n) is 5.58. The van der Waals surface area contributed by atoms with Gasteiger partial charge in [0, 0.05) is 6.04 Å². The number of amides is 1. The Morgan fingerprint density at radius 3 is 2.76 bits per heavy atom. The molecule has 0 aliphatic carbocycles. The molecule has 1 aromatic rings. The third-order valence-corrected chi connectivity index (χ3v) is 2.63. The van der Waals surface area contributed by atoms with Crippen LogP contribution in [0.5, 0.6) is 0 Å². The van der Waals surface area contributed by atoms with E-state index in [4.69, 9.17) is 15.3 Å². The van der Waals surface area contributed by atoms with Crippen molar-refractivity contribution >= 4 is 5.91 Å². The number of rotatable bonds is 5. The summed E-state index contributed by atoms with van der Waals surface area (Å²) in [6.45, 7) is 5.68. The summed E-state index contributed by atoms with van der Waals surface area (Å²) in [5, 5.41) is 11.6. The number of carbonyl (C=O) groups is 1. The molecule has 2 atom stereocenters. The summed E-state index contributed by atoms with van der Waals surface area (Å²) in [5.74, 6) is 0.200. The Balaban J connectivity index is 2.67. The van der Waals surface area contributed by atoms with Gasteiger partial charge in [0.05, 0.1) is 6.61 Å². The van der Waals surface area contributed by atoms with Crippen LogP contribution in [0.1, 0.15) is 43.2 Å². The van der Waals surface area contributed by atoms with Crippen LogP contribution in [0.15, 0.2) is 10.7 Å². The van der Waals surface area contributed by atoms with Crippen molar-refractivity contribution in [3.63, 3.8) is 0 Å². The van der Waals surface area contributed by atoms with E-state index in [2.05, 4.69) is 10.3 Å². The van der Waals surface area contributed by atoms with Crippen molar-refractivity contribution in [3.05, 3.63) is 17.8 Å². The summed E-state index contributed by atoms with van der Waals surface area (Å²) < 4.78 is 5.02. The fourth-order valence-electron chi connectivity index (χ4n) is 1.09. The molecule has 0 aliphatic rings. The van der Waals surface area contributed by atoms with Crippen LogP contribution in [-0.2, 0) is 0 Å². The highest BCUT2D eigenvalue weighted by Gasteiger charge is 2.18. The topological polar surface area (TPSA) is 101 Å². The maximum atomic E-state index is 11.7. The molecule has 1 heterocycles. The van der Waals surface area contributed by atoms with Crippen molar-refractivity contribution in [3.8, 4) is 0 Å². The van der Waals surface area contributed by atoms with Crippen molar-refractivity contribution in [1.82, 2.24) is 10.3 Å². The van der Waals surface area contributed by atoms with Gasteiger partial charge in [0.25, 0.3) is 5.91 Å². The summed E-state index contributed by atoms with van der Waals surface area (Å²) in [4.78, 5) is 15.7. The van der Waals surface area contributed by atoms with Crippen molar-refractivity contribution in [2.24, 2.45) is 11.7 Å². The normalized spacial score (nSPS) is 14.7. The number of nitrogens with two attached hydrogens (primary N) is 1. The predicted molar refractivity (Wildman–Crippen MR) is 62.3 cm³/mol. The number of aliphatic hydroxyl groups is 1. The van der Waals surface area contributed by atoms with Gasteiger partial charge in [-0.15, -0.1) is 0 Å². The van der Waals surface area contributed by atoms with Gasteiger partial charge >= 0.3 is 0 Å². The second-order valence-electron chi connectivity index (χ2n) is 4.37. The second-order valence-corrected chi connectivity index (χ2v) is 4.37. The third-order valence-electron chi connectivity index (χ3n) is 2.63. The molecular weight excluding hydrogens is 222 g/mol. The van der Waals surface area contributed by atoms with Crippen molar-refractivity contribution < 1.29 is 14.3 Å². The fourth-order valence-corrected chi connectivity index (χ4v) is 1.09. The Kier molecular flexibility index (Phi) is 4.65.